The standard InChI is InChI=1S/C20H22N4O4/c1-3-9-24(13-19-22-23-20(28-19)17-8-5-10-27-17)12-18(26)21-16-7-4-6-15(11-16)14(2)25/h4-8,10-11H,3,9,12-13H2,1-2H3,(H,21,26). The fraction of sp³-hybridized carbons (Fsp3) is 0.300. The zero-order valence-electron chi connectivity index (χ0n) is 15.8. The van der Waals surface area contributed by atoms with Crippen LogP contribution in [-0.4, -0.2) is 39.9 Å². The summed E-state index contributed by atoms with van der Waals surface area (Å²) in [5.74, 6) is 0.990. The number of ketones is 1. The van der Waals surface area contributed by atoms with Gasteiger partial charge in [0.1, 0.15) is 0 Å². The van der Waals surface area contributed by atoms with E-state index in [1.165, 1.54) is 13.2 Å². The highest BCUT2D eigenvalue weighted by Gasteiger charge is 2.16. The number of furan rings is 1. The van der Waals surface area contributed by atoms with Crippen LogP contribution in [0.15, 0.2) is 51.5 Å². The number of nitrogens with zero attached hydrogens (tertiary/aromatic N) is 3. The van der Waals surface area contributed by atoms with Gasteiger partial charge in [-0.2, -0.15) is 0 Å². The minimum absolute atomic E-state index is 0.0486. The van der Waals surface area contributed by atoms with E-state index in [0.29, 0.717) is 41.9 Å². The maximum atomic E-state index is 12.4. The molecule has 1 aromatic carbocycles. The first kappa shape index (κ1) is 19.5. The number of anilines is 1. The number of aromatic nitrogens is 2. The van der Waals surface area contributed by atoms with Crippen LogP contribution in [0.25, 0.3) is 11.7 Å². The summed E-state index contributed by atoms with van der Waals surface area (Å²) in [7, 11) is 0. The van der Waals surface area contributed by atoms with Gasteiger partial charge >= 0.3 is 0 Å². The van der Waals surface area contributed by atoms with Crippen LogP contribution in [0.5, 0.6) is 0 Å². The number of nitrogens with one attached hydrogen (secondary N) is 1. The van der Waals surface area contributed by atoms with E-state index in [0.717, 1.165) is 6.42 Å². The summed E-state index contributed by atoms with van der Waals surface area (Å²) in [6.45, 7) is 4.73. The number of Topliss-reactive ketones (excluding diaryl/α,β-unsaturated/α-hetero) is 1. The molecule has 8 nitrogen and oxygen atoms in total. The summed E-state index contributed by atoms with van der Waals surface area (Å²) >= 11 is 0. The van der Waals surface area contributed by atoms with Crippen molar-refractivity contribution in [3.05, 3.63) is 54.1 Å². The molecule has 0 aliphatic rings. The van der Waals surface area contributed by atoms with Crippen molar-refractivity contribution in [2.45, 2.75) is 26.8 Å². The topological polar surface area (TPSA) is 101 Å². The molecule has 3 rings (SSSR count). The number of benzene rings is 1. The largest absolute Gasteiger partial charge is 0.459 e. The molecule has 0 radical (unpaired) electrons. The van der Waals surface area contributed by atoms with Gasteiger partial charge in [-0.25, -0.2) is 0 Å². The molecule has 3 aromatic rings. The average Bonchev–Trinajstić information content (AvgIpc) is 3.33. The van der Waals surface area contributed by atoms with Crippen molar-refractivity contribution in [3.8, 4) is 11.7 Å². The van der Waals surface area contributed by atoms with Crippen LogP contribution in [0.3, 0.4) is 0 Å². The molecule has 1 amide bonds. The predicted octanol–water partition coefficient (Wildman–Crippen LogP) is 3.38. The van der Waals surface area contributed by atoms with Gasteiger partial charge in [-0.05, 0) is 44.2 Å². The van der Waals surface area contributed by atoms with Gasteiger partial charge in [-0.1, -0.05) is 19.1 Å². The van der Waals surface area contributed by atoms with Crippen LogP contribution in [0.1, 0.15) is 36.5 Å². The molecule has 0 bridgehead atoms. The van der Waals surface area contributed by atoms with Crippen molar-refractivity contribution in [1.29, 1.82) is 0 Å². The molecule has 0 spiro atoms. The first-order valence-corrected chi connectivity index (χ1v) is 9.04. The molecule has 0 saturated heterocycles. The summed E-state index contributed by atoms with van der Waals surface area (Å²) in [5, 5.41) is 10.8. The minimum Gasteiger partial charge on any atom is -0.459 e. The van der Waals surface area contributed by atoms with E-state index in [-0.39, 0.29) is 18.2 Å². The molecule has 0 aliphatic heterocycles. The molecule has 0 saturated carbocycles. The molecular formula is C20H22N4O4. The Bertz CT molecular complexity index is 933. The van der Waals surface area contributed by atoms with Gasteiger partial charge in [0, 0.05) is 11.3 Å². The molecule has 0 unspecified atom stereocenters. The van der Waals surface area contributed by atoms with Gasteiger partial charge in [0.2, 0.25) is 11.8 Å². The summed E-state index contributed by atoms with van der Waals surface area (Å²) in [6, 6.07) is 10.4. The third kappa shape index (κ3) is 5.14. The Balaban J connectivity index is 1.62. The lowest BCUT2D eigenvalue weighted by atomic mass is 10.1. The molecule has 0 atom stereocenters. The smallest absolute Gasteiger partial charge is 0.283 e. The van der Waals surface area contributed by atoms with Crippen LogP contribution >= 0.6 is 0 Å². The van der Waals surface area contributed by atoms with Crippen LogP contribution in [0.4, 0.5) is 5.69 Å². The van der Waals surface area contributed by atoms with E-state index in [4.69, 9.17) is 8.83 Å². The first-order chi connectivity index (χ1) is 13.5. The highest BCUT2D eigenvalue weighted by Crippen LogP contribution is 2.18. The van der Waals surface area contributed by atoms with E-state index < -0.39 is 0 Å². The molecule has 2 heterocycles. The lowest BCUT2D eigenvalue weighted by molar-refractivity contribution is -0.117. The van der Waals surface area contributed by atoms with E-state index in [9.17, 15) is 9.59 Å². The van der Waals surface area contributed by atoms with Gasteiger partial charge in [0.25, 0.3) is 5.89 Å². The Morgan fingerprint density at radius 3 is 2.75 bits per heavy atom. The Hall–Kier alpha value is -3.26. The summed E-state index contributed by atoms with van der Waals surface area (Å²) in [4.78, 5) is 25.8. The number of carbonyl (C=O) groups is 2. The van der Waals surface area contributed by atoms with Gasteiger partial charge in [0.05, 0.1) is 19.4 Å². The zero-order valence-corrected chi connectivity index (χ0v) is 15.8. The lowest BCUT2D eigenvalue weighted by Gasteiger charge is -2.19. The Labute approximate surface area is 162 Å². The van der Waals surface area contributed by atoms with Crippen molar-refractivity contribution in [3.63, 3.8) is 0 Å². The highest BCUT2D eigenvalue weighted by molar-refractivity contribution is 5.97. The fourth-order valence-electron chi connectivity index (χ4n) is 2.76. The third-order valence-electron chi connectivity index (χ3n) is 4.02. The molecule has 2 aromatic heterocycles. The second-order valence-electron chi connectivity index (χ2n) is 6.37. The van der Waals surface area contributed by atoms with Crippen molar-refractivity contribution in [2.24, 2.45) is 0 Å². The van der Waals surface area contributed by atoms with Crippen LogP contribution in [0, 0.1) is 0 Å². The molecule has 1 N–H and O–H groups in total. The summed E-state index contributed by atoms with van der Waals surface area (Å²) in [6.07, 6.45) is 2.40. The summed E-state index contributed by atoms with van der Waals surface area (Å²) < 4.78 is 10.9. The van der Waals surface area contributed by atoms with Crippen molar-refractivity contribution >= 4 is 17.4 Å². The average molecular weight is 382 g/mol. The molecule has 0 fully saturated rings. The molecule has 8 heteroatoms. The van der Waals surface area contributed by atoms with Crippen molar-refractivity contribution in [1.82, 2.24) is 15.1 Å². The van der Waals surface area contributed by atoms with Crippen molar-refractivity contribution in [2.75, 3.05) is 18.4 Å². The molecule has 0 aliphatic carbocycles. The quantitative estimate of drug-likeness (QED) is 0.566. The van der Waals surface area contributed by atoms with Crippen LogP contribution in [-0.2, 0) is 11.3 Å². The number of rotatable bonds is 9. The SMILES string of the molecule is CCCN(CC(=O)Nc1cccc(C(C)=O)c1)Cc1nnc(-c2ccco2)o1. The van der Waals surface area contributed by atoms with Gasteiger partial charge < -0.3 is 14.2 Å². The normalized spacial score (nSPS) is 11.0. The molecular weight excluding hydrogens is 360 g/mol. The zero-order chi connectivity index (χ0) is 19.9. The van der Waals surface area contributed by atoms with E-state index in [1.54, 1.807) is 36.4 Å². The number of amides is 1. The number of hydrogen-bond acceptors (Lipinski definition) is 7. The highest BCUT2D eigenvalue weighted by atomic mass is 16.4. The summed E-state index contributed by atoms with van der Waals surface area (Å²) in [5.41, 5.74) is 1.14. The van der Waals surface area contributed by atoms with E-state index in [1.807, 2.05) is 11.8 Å². The first-order valence-electron chi connectivity index (χ1n) is 9.04. The van der Waals surface area contributed by atoms with Gasteiger partial charge in [0.15, 0.2) is 11.5 Å². The Kier molecular flexibility index (Phi) is 6.33. The monoisotopic (exact) mass is 382 g/mol. The maximum Gasteiger partial charge on any atom is 0.283 e. The Morgan fingerprint density at radius 2 is 2.04 bits per heavy atom. The van der Waals surface area contributed by atoms with Crippen molar-refractivity contribution < 1.29 is 18.4 Å². The second kappa shape index (κ2) is 9.09. The van der Waals surface area contributed by atoms with E-state index >= 15 is 0 Å². The third-order valence-corrected chi connectivity index (χ3v) is 4.02. The second-order valence-corrected chi connectivity index (χ2v) is 6.37. The van der Waals surface area contributed by atoms with Gasteiger partial charge in [-0.15, -0.1) is 10.2 Å². The maximum absolute atomic E-state index is 12.4. The molecule has 146 valence electrons. The fourth-order valence-corrected chi connectivity index (χ4v) is 2.76. The lowest BCUT2D eigenvalue weighted by Crippen LogP contribution is -2.33. The molecule has 28 heavy (non-hydrogen) atoms. The van der Waals surface area contributed by atoms with E-state index in [2.05, 4.69) is 15.5 Å². The van der Waals surface area contributed by atoms with Crippen LogP contribution < -0.4 is 5.32 Å². The number of hydrogen-bond donors (Lipinski definition) is 1. The predicted molar refractivity (Wildman–Crippen MR) is 103 cm³/mol. The van der Waals surface area contributed by atoms with Crippen LogP contribution in [0.2, 0.25) is 0 Å². The van der Waals surface area contributed by atoms with Gasteiger partial charge in [-0.3, -0.25) is 14.5 Å². The Morgan fingerprint density at radius 1 is 1.18 bits per heavy atom. The minimum atomic E-state index is -0.181. The number of carbonyl (C=O) groups excluding carboxylic acids is 2.